The number of benzene rings is 2. The zero-order valence-corrected chi connectivity index (χ0v) is 24.6. The van der Waals surface area contributed by atoms with Gasteiger partial charge in [0, 0.05) is 43.8 Å². The normalized spacial score (nSPS) is 15.0. The van der Waals surface area contributed by atoms with E-state index in [9.17, 15) is 4.79 Å². The molecular formula is C30H36ClNO8. The van der Waals surface area contributed by atoms with Crippen molar-refractivity contribution >= 4 is 35.2 Å². The number of carbonyl (C=O) groups is 1. The molecule has 3 rings (SSSR count). The SMILES string of the molecule is COC1=C(OC)C(OC)CC(C(=O)CCNc2cc(OC)c(Cl)cc2/C=C\c2cc(OC)c(OC)c(OC)c2)=C1. The number of halogens is 1. The van der Waals surface area contributed by atoms with Gasteiger partial charge in [0.15, 0.2) is 28.8 Å². The third-order valence-electron chi connectivity index (χ3n) is 6.46. The first-order chi connectivity index (χ1) is 19.3. The summed E-state index contributed by atoms with van der Waals surface area (Å²) in [5.41, 5.74) is 3.00. The van der Waals surface area contributed by atoms with Gasteiger partial charge < -0.3 is 38.5 Å². The average Bonchev–Trinajstić information content (AvgIpc) is 2.98. The smallest absolute Gasteiger partial charge is 0.203 e. The fraction of sp³-hybridized carbons (Fsp3) is 0.367. The second-order valence-electron chi connectivity index (χ2n) is 8.70. The summed E-state index contributed by atoms with van der Waals surface area (Å²) in [6, 6.07) is 7.29. The molecule has 0 saturated heterocycles. The Morgan fingerprint density at radius 2 is 1.55 bits per heavy atom. The molecule has 0 bridgehead atoms. The summed E-state index contributed by atoms with van der Waals surface area (Å²) in [5, 5.41) is 3.81. The number of Topliss-reactive ketones (excluding diaryl/α,β-unsaturated/α-hetero) is 1. The van der Waals surface area contributed by atoms with E-state index in [1.54, 1.807) is 60.9 Å². The van der Waals surface area contributed by atoms with Crippen LogP contribution >= 0.6 is 11.6 Å². The van der Waals surface area contributed by atoms with Crippen LogP contribution in [0.15, 0.2) is 47.4 Å². The molecule has 0 heterocycles. The number of allylic oxidation sites excluding steroid dienone is 1. The Morgan fingerprint density at radius 3 is 2.10 bits per heavy atom. The molecular weight excluding hydrogens is 538 g/mol. The molecule has 0 aromatic heterocycles. The van der Waals surface area contributed by atoms with E-state index in [0.29, 0.717) is 58.1 Å². The maximum absolute atomic E-state index is 13.1. The number of nitrogens with one attached hydrogen (secondary N) is 1. The van der Waals surface area contributed by atoms with E-state index in [4.69, 9.17) is 44.8 Å². The van der Waals surface area contributed by atoms with Gasteiger partial charge in [0.2, 0.25) is 5.75 Å². The monoisotopic (exact) mass is 573 g/mol. The molecule has 1 N–H and O–H groups in total. The van der Waals surface area contributed by atoms with Gasteiger partial charge in [-0.25, -0.2) is 0 Å². The minimum Gasteiger partial charge on any atom is -0.495 e. The van der Waals surface area contributed by atoms with Gasteiger partial charge in [-0.05, 0) is 35.4 Å². The van der Waals surface area contributed by atoms with Crippen LogP contribution in [0, 0.1) is 0 Å². The van der Waals surface area contributed by atoms with Crippen molar-refractivity contribution in [3.05, 3.63) is 63.6 Å². The van der Waals surface area contributed by atoms with E-state index in [1.165, 1.54) is 7.11 Å². The molecule has 2 aromatic rings. The van der Waals surface area contributed by atoms with E-state index >= 15 is 0 Å². The summed E-state index contributed by atoms with van der Waals surface area (Å²) in [6.45, 7) is 0.382. The van der Waals surface area contributed by atoms with Crippen molar-refractivity contribution in [2.45, 2.75) is 18.9 Å². The zero-order valence-electron chi connectivity index (χ0n) is 23.9. The minimum absolute atomic E-state index is 0.0188. The molecule has 0 aliphatic heterocycles. The summed E-state index contributed by atoms with van der Waals surface area (Å²) in [7, 11) is 10.9. The molecule has 10 heteroatoms. The quantitative estimate of drug-likeness (QED) is 0.283. The third kappa shape index (κ3) is 7.03. The van der Waals surface area contributed by atoms with Gasteiger partial charge in [0.05, 0.1) is 47.7 Å². The molecule has 0 saturated carbocycles. The number of hydrogen-bond donors (Lipinski definition) is 1. The lowest BCUT2D eigenvalue weighted by atomic mass is 9.95. The summed E-state index contributed by atoms with van der Waals surface area (Å²) in [4.78, 5) is 13.1. The lowest BCUT2D eigenvalue weighted by Gasteiger charge is -2.25. The van der Waals surface area contributed by atoms with Crippen LogP contribution in [0.4, 0.5) is 5.69 Å². The molecule has 1 atom stereocenters. The summed E-state index contributed by atoms with van der Waals surface area (Å²) < 4.78 is 38.1. The standard InChI is InChI=1S/C30H36ClNO8/c1-34-24-17-22(32-11-10-23(33)20-15-27(37-4)30(40-7)28(16-20)38-5)19(14-21(24)31)9-8-18-12-25(35-2)29(39-6)26(13-18)36-3/h8-9,12-15,17,28,32H,10-11,16H2,1-7H3/b9-8-. The Labute approximate surface area is 240 Å². The Bertz CT molecular complexity index is 1280. The number of rotatable bonds is 14. The van der Waals surface area contributed by atoms with Crippen LogP contribution in [-0.2, 0) is 19.0 Å². The van der Waals surface area contributed by atoms with Crippen molar-refractivity contribution < 1.29 is 38.0 Å². The van der Waals surface area contributed by atoms with Crippen molar-refractivity contribution in [2.75, 3.05) is 61.6 Å². The predicted molar refractivity (Wildman–Crippen MR) is 156 cm³/mol. The van der Waals surface area contributed by atoms with Gasteiger partial charge in [-0.1, -0.05) is 23.8 Å². The Hall–Kier alpha value is -3.82. The maximum Gasteiger partial charge on any atom is 0.203 e. The third-order valence-corrected chi connectivity index (χ3v) is 6.76. The Morgan fingerprint density at radius 1 is 0.875 bits per heavy atom. The van der Waals surface area contributed by atoms with E-state index in [0.717, 1.165) is 16.8 Å². The average molecular weight is 574 g/mol. The molecule has 1 unspecified atom stereocenters. The lowest BCUT2D eigenvalue weighted by Crippen LogP contribution is -2.25. The highest BCUT2D eigenvalue weighted by Crippen LogP contribution is 2.39. The first-order valence-electron chi connectivity index (χ1n) is 12.5. The molecule has 1 aliphatic carbocycles. The van der Waals surface area contributed by atoms with E-state index in [1.807, 2.05) is 24.3 Å². The van der Waals surface area contributed by atoms with E-state index in [-0.39, 0.29) is 18.3 Å². The number of ether oxygens (including phenoxy) is 7. The number of anilines is 1. The van der Waals surface area contributed by atoms with Crippen molar-refractivity contribution in [3.63, 3.8) is 0 Å². The van der Waals surface area contributed by atoms with Crippen molar-refractivity contribution in [2.24, 2.45) is 0 Å². The number of ketones is 1. The van der Waals surface area contributed by atoms with Gasteiger partial charge in [0.25, 0.3) is 0 Å². The predicted octanol–water partition coefficient (Wildman–Crippen LogP) is 5.77. The molecule has 216 valence electrons. The molecule has 2 aromatic carbocycles. The van der Waals surface area contributed by atoms with Crippen LogP contribution in [0.5, 0.6) is 23.0 Å². The lowest BCUT2D eigenvalue weighted by molar-refractivity contribution is -0.115. The molecule has 1 aliphatic rings. The zero-order chi connectivity index (χ0) is 29.2. The van der Waals surface area contributed by atoms with Gasteiger partial charge >= 0.3 is 0 Å². The van der Waals surface area contributed by atoms with Gasteiger partial charge in [-0.2, -0.15) is 0 Å². The Balaban J connectivity index is 1.82. The fourth-order valence-electron chi connectivity index (χ4n) is 4.39. The topological polar surface area (TPSA) is 93.7 Å². The second kappa shape index (κ2) is 14.5. The van der Waals surface area contributed by atoms with Crippen molar-refractivity contribution in [1.29, 1.82) is 0 Å². The van der Waals surface area contributed by atoms with Crippen LogP contribution in [0.25, 0.3) is 12.2 Å². The highest BCUT2D eigenvalue weighted by atomic mass is 35.5. The molecule has 0 spiro atoms. The molecule has 40 heavy (non-hydrogen) atoms. The van der Waals surface area contributed by atoms with Gasteiger partial charge in [0.1, 0.15) is 11.9 Å². The van der Waals surface area contributed by atoms with Crippen LogP contribution in [-0.4, -0.2) is 68.2 Å². The van der Waals surface area contributed by atoms with Crippen LogP contribution in [0.1, 0.15) is 24.0 Å². The van der Waals surface area contributed by atoms with Gasteiger partial charge in [-0.3, -0.25) is 4.79 Å². The minimum atomic E-state index is -0.385. The summed E-state index contributed by atoms with van der Waals surface area (Å²) >= 11 is 6.44. The first kappa shape index (κ1) is 30.7. The highest BCUT2D eigenvalue weighted by molar-refractivity contribution is 6.32. The largest absolute Gasteiger partial charge is 0.495 e. The fourth-order valence-corrected chi connectivity index (χ4v) is 4.64. The molecule has 0 amide bonds. The van der Waals surface area contributed by atoms with Gasteiger partial charge in [-0.15, -0.1) is 0 Å². The van der Waals surface area contributed by atoms with Crippen molar-refractivity contribution in [3.8, 4) is 23.0 Å². The maximum atomic E-state index is 13.1. The number of hydrogen-bond acceptors (Lipinski definition) is 9. The molecule has 0 radical (unpaired) electrons. The summed E-state index contributed by atoms with van der Waals surface area (Å²) in [5.74, 6) is 3.15. The van der Waals surface area contributed by atoms with Crippen molar-refractivity contribution in [1.82, 2.24) is 0 Å². The van der Waals surface area contributed by atoms with E-state index in [2.05, 4.69) is 5.32 Å². The van der Waals surface area contributed by atoms with Crippen LogP contribution in [0.2, 0.25) is 5.02 Å². The van der Waals surface area contributed by atoms with Crippen LogP contribution < -0.4 is 24.3 Å². The number of carbonyl (C=O) groups excluding carboxylic acids is 1. The van der Waals surface area contributed by atoms with Crippen LogP contribution in [0.3, 0.4) is 0 Å². The first-order valence-corrected chi connectivity index (χ1v) is 12.9. The van der Waals surface area contributed by atoms with E-state index < -0.39 is 0 Å². The molecule has 9 nitrogen and oxygen atoms in total. The highest BCUT2D eigenvalue weighted by Gasteiger charge is 2.28. The molecule has 0 fully saturated rings. The number of methoxy groups -OCH3 is 7. The summed E-state index contributed by atoms with van der Waals surface area (Å²) in [6.07, 6.45) is 5.80. The Kier molecular flexibility index (Phi) is 11.2. The second-order valence-corrected chi connectivity index (χ2v) is 9.11.